The van der Waals surface area contributed by atoms with E-state index in [1.54, 1.807) is 0 Å². The summed E-state index contributed by atoms with van der Waals surface area (Å²) >= 11 is 0. The molecule has 2 aromatic carbocycles. The summed E-state index contributed by atoms with van der Waals surface area (Å²) in [7, 11) is 0. The molecule has 3 heteroatoms. The van der Waals surface area contributed by atoms with Gasteiger partial charge in [0.25, 0.3) is 0 Å². The van der Waals surface area contributed by atoms with E-state index in [0.29, 0.717) is 0 Å². The molecule has 0 atom stereocenters. The van der Waals surface area contributed by atoms with E-state index in [0.717, 1.165) is 23.0 Å². The molecule has 0 unspecified atom stereocenters. The normalized spacial score (nSPS) is 20.5. The first kappa shape index (κ1) is 31.7. The Balaban J connectivity index is 0.000000317. The van der Waals surface area contributed by atoms with E-state index in [9.17, 15) is 5.11 Å². The van der Waals surface area contributed by atoms with Crippen LogP contribution in [0.5, 0.6) is 0 Å². The van der Waals surface area contributed by atoms with Crippen LogP contribution in [0.25, 0.3) is 0 Å². The molecular formula is C33H28Fe2O+4. The van der Waals surface area contributed by atoms with E-state index in [2.05, 4.69) is 25.7 Å². The topological polar surface area (TPSA) is 20.2 Å². The van der Waals surface area contributed by atoms with Gasteiger partial charge in [-0.1, -0.05) is 60.7 Å². The van der Waals surface area contributed by atoms with Crippen molar-refractivity contribution >= 4 is 0 Å². The second-order valence-electron chi connectivity index (χ2n) is 7.93. The molecule has 4 aliphatic carbocycles. The zero-order valence-corrected chi connectivity index (χ0v) is 22.0. The van der Waals surface area contributed by atoms with Gasteiger partial charge in [-0.15, -0.1) is 0 Å². The zero-order chi connectivity index (χ0) is 23.5. The Hall–Kier alpha value is -0.561. The first-order chi connectivity index (χ1) is 16.8. The van der Waals surface area contributed by atoms with Crippen molar-refractivity contribution in [2.75, 3.05) is 0 Å². The van der Waals surface area contributed by atoms with Gasteiger partial charge in [-0.3, -0.25) is 0 Å². The van der Waals surface area contributed by atoms with Crippen LogP contribution in [0, 0.1) is 127 Å². The monoisotopic (exact) mass is 552 g/mol. The van der Waals surface area contributed by atoms with Crippen LogP contribution in [-0.2, 0) is 39.7 Å². The maximum Gasteiger partial charge on any atom is 2.00 e. The smallest absolute Gasteiger partial charge is 0.380 e. The van der Waals surface area contributed by atoms with E-state index in [-0.39, 0.29) is 34.1 Å². The maximum atomic E-state index is 11.7. The molecule has 0 spiro atoms. The maximum absolute atomic E-state index is 11.7. The minimum absolute atomic E-state index is 0. The fourth-order valence-electron chi connectivity index (χ4n) is 3.91. The van der Waals surface area contributed by atoms with Crippen molar-refractivity contribution in [3.63, 3.8) is 0 Å². The molecule has 0 saturated heterocycles. The molecule has 0 heterocycles. The third-order valence-electron chi connectivity index (χ3n) is 5.66. The van der Waals surface area contributed by atoms with Crippen LogP contribution < -0.4 is 0 Å². The first-order valence-corrected chi connectivity index (χ1v) is 11.4. The standard InChI is InChI=1S/C23H18O.2C5H5.2Fe/c24-23(20-11-3-1-4-12-20,21-13-5-2-6-14-21)22-16-15-19(17-22)18-9-7-8-10-18;2*1-2-4-5-3-1;;/h1-17,24H;2*1-5H;;/q;;;2*+2. The van der Waals surface area contributed by atoms with Crippen LogP contribution >= 0.6 is 0 Å². The molecule has 0 aliphatic heterocycles. The number of aliphatic hydroxyl groups is 1. The fraction of sp³-hybridized carbons (Fsp3) is 0.0303. The first-order valence-electron chi connectivity index (χ1n) is 11.4. The second-order valence-corrected chi connectivity index (χ2v) is 7.93. The summed E-state index contributed by atoms with van der Waals surface area (Å²) in [4.78, 5) is 0. The predicted octanol–water partition coefficient (Wildman–Crippen LogP) is 6.14. The molecular weight excluding hydrogens is 524 g/mol. The Morgan fingerprint density at radius 1 is 0.417 bits per heavy atom. The van der Waals surface area contributed by atoms with Gasteiger partial charge in [0.15, 0.2) is 0 Å². The van der Waals surface area contributed by atoms with Crippen LogP contribution in [0.4, 0.5) is 0 Å². The number of rotatable bonds is 4. The van der Waals surface area contributed by atoms with Crippen LogP contribution in [0.1, 0.15) is 11.1 Å². The molecule has 4 saturated carbocycles. The van der Waals surface area contributed by atoms with E-state index in [1.165, 1.54) is 5.92 Å². The quantitative estimate of drug-likeness (QED) is 0.452. The molecule has 4 fully saturated rings. The van der Waals surface area contributed by atoms with Crippen molar-refractivity contribution in [2.45, 2.75) is 5.60 Å². The second kappa shape index (κ2) is 17.1. The van der Waals surface area contributed by atoms with Gasteiger partial charge < -0.3 is 5.11 Å². The predicted molar refractivity (Wildman–Crippen MR) is 139 cm³/mol. The Kier molecular flexibility index (Phi) is 15.0. The summed E-state index contributed by atoms with van der Waals surface area (Å²) in [5, 5.41) is 11.7. The number of hydrogen-bond acceptors (Lipinski definition) is 1. The Morgan fingerprint density at radius 3 is 1.19 bits per heavy atom. The Morgan fingerprint density at radius 2 is 0.806 bits per heavy atom. The summed E-state index contributed by atoms with van der Waals surface area (Å²) < 4.78 is 0. The molecule has 4 aliphatic rings. The fourth-order valence-corrected chi connectivity index (χ4v) is 3.91. The van der Waals surface area contributed by atoms with Crippen molar-refractivity contribution in [1.29, 1.82) is 0 Å². The van der Waals surface area contributed by atoms with Crippen molar-refractivity contribution in [3.05, 3.63) is 199 Å². The average Bonchev–Trinajstić information content (AvgIpc) is 3.72. The summed E-state index contributed by atoms with van der Waals surface area (Å²) in [5.74, 6) is 3.18. The third kappa shape index (κ3) is 8.74. The molecule has 36 heavy (non-hydrogen) atoms. The Labute approximate surface area is 242 Å². The molecule has 6 rings (SSSR count). The molecule has 0 bridgehead atoms. The molecule has 1 nitrogen and oxygen atoms in total. The van der Waals surface area contributed by atoms with Gasteiger partial charge in [-0.2, -0.15) is 0 Å². The van der Waals surface area contributed by atoms with E-state index in [4.69, 9.17) is 0 Å². The number of hydrogen-bond donors (Lipinski definition) is 1. The van der Waals surface area contributed by atoms with Gasteiger partial charge in [0.2, 0.25) is 0 Å². The van der Waals surface area contributed by atoms with Gasteiger partial charge in [0.1, 0.15) is 5.60 Å². The number of benzene rings is 2. The van der Waals surface area contributed by atoms with Gasteiger partial charge in [0.05, 0.1) is 0 Å². The van der Waals surface area contributed by atoms with Gasteiger partial charge in [-0.25, -0.2) is 0 Å². The van der Waals surface area contributed by atoms with Gasteiger partial charge in [0, 0.05) is 5.92 Å². The summed E-state index contributed by atoms with van der Waals surface area (Å²) in [5.41, 5.74) is 0.583. The molecule has 2 aromatic rings. The van der Waals surface area contributed by atoms with Crippen LogP contribution in [0.3, 0.4) is 0 Å². The van der Waals surface area contributed by atoms with E-state index in [1.807, 2.05) is 144 Å². The summed E-state index contributed by atoms with van der Waals surface area (Å²) in [6.07, 6.45) is 34.4. The van der Waals surface area contributed by atoms with Crippen molar-refractivity contribution in [2.24, 2.45) is 0 Å². The van der Waals surface area contributed by atoms with Crippen molar-refractivity contribution in [3.8, 4) is 0 Å². The van der Waals surface area contributed by atoms with Crippen molar-refractivity contribution < 1.29 is 39.2 Å². The largest absolute Gasteiger partial charge is 2.00 e. The van der Waals surface area contributed by atoms with Crippen molar-refractivity contribution in [1.82, 2.24) is 0 Å². The van der Waals surface area contributed by atoms with E-state index < -0.39 is 5.60 Å². The summed E-state index contributed by atoms with van der Waals surface area (Å²) in [6.45, 7) is 0. The van der Waals surface area contributed by atoms with E-state index >= 15 is 0 Å². The van der Waals surface area contributed by atoms with Crippen LogP contribution in [0.2, 0.25) is 0 Å². The molecule has 178 valence electrons. The summed E-state index contributed by atoms with van der Waals surface area (Å²) in [6, 6.07) is 19.7. The minimum Gasteiger partial charge on any atom is -0.380 e. The Bertz CT molecular complexity index is 730. The zero-order valence-electron chi connectivity index (χ0n) is 19.7. The molecule has 0 amide bonds. The van der Waals surface area contributed by atoms with Gasteiger partial charge >= 0.3 is 34.1 Å². The van der Waals surface area contributed by atoms with Crippen LogP contribution in [0.15, 0.2) is 60.7 Å². The SMILES string of the molecule is OC([C]1[CH][CH][C]([C]2[CH][CH][CH][CH]2)[CH]1)(c1ccccc1)c1ccccc1.[CH]1[CH][CH][CH][CH]1.[CH]1[CH][CH][CH][CH]1.[Fe+2].[Fe+2]. The molecule has 20 radical (unpaired) electrons. The minimum atomic E-state index is -1.16. The molecule has 1 N–H and O–H groups in total. The van der Waals surface area contributed by atoms with Crippen LogP contribution in [-0.4, -0.2) is 5.11 Å². The van der Waals surface area contributed by atoms with Gasteiger partial charge in [-0.05, 0) is 132 Å². The molecule has 0 aromatic heterocycles. The third-order valence-corrected chi connectivity index (χ3v) is 5.66. The average molecular weight is 552 g/mol.